The first-order chi connectivity index (χ1) is 7.76. The van der Waals surface area contributed by atoms with Gasteiger partial charge in [-0.1, -0.05) is 13.8 Å². The molecule has 1 rings (SSSR count). The van der Waals surface area contributed by atoms with E-state index >= 15 is 0 Å². The molecule has 0 saturated carbocycles. The van der Waals surface area contributed by atoms with Crippen molar-refractivity contribution < 1.29 is 4.74 Å². The van der Waals surface area contributed by atoms with Crippen molar-refractivity contribution >= 4 is 11.6 Å². The number of likely N-dealkylation sites (N-methyl/N-ethyl adjacent to an activating group) is 1. The van der Waals surface area contributed by atoms with Gasteiger partial charge in [0.05, 0.1) is 6.10 Å². The quantitative estimate of drug-likeness (QED) is 0.611. The average Bonchev–Trinajstić information content (AvgIpc) is 2.77. The second kappa shape index (κ2) is 8.32. The van der Waals surface area contributed by atoms with Gasteiger partial charge in [-0.25, -0.2) is 0 Å². The van der Waals surface area contributed by atoms with Crippen LogP contribution in [-0.2, 0) is 4.74 Å². The summed E-state index contributed by atoms with van der Waals surface area (Å²) in [4.78, 5) is 2.51. The number of rotatable bonds is 8. The van der Waals surface area contributed by atoms with Crippen LogP contribution in [-0.4, -0.2) is 43.1 Å². The third-order valence-electron chi connectivity index (χ3n) is 3.47. The fourth-order valence-electron chi connectivity index (χ4n) is 2.19. The summed E-state index contributed by atoms with van der Waals surface area (Å²) in [6.45, 7) is 8.93. The molecule has 0 N–H and O–H groups in total. The molecule has 0 aliphatic carbocycles. The van der Waals surface area contributed by atoms with Crippen LogP contribution in [0.15, 0.2) is 0 Å². The molecule has 1 aliphatic heterocycles. The average molecular weight is 248 g/mol. The summed E-state index contributed by atoms with van der Waals surface area (Å²) in [6.07, 6.45) is 5.37. The fraction of sp³-hybridized carbons (Fsp3) is 1.00. The summed E-state index contributed by atoms with van der Waals surface area (Å²) in [6, 6.07) is 0. The van der Waals surface area contributed by atoms with Crippen molar-refractivity contribution in [3.63, 3.8) is 0 Å². The molecule has 2 atom stereocenters. The first-order valence-corrected chi connectivity index (χ1v) is 7.19. The highest BCUT2D eigenvalue weighted by Gasteiger charge is 2.18. The molecule has 0 aromatic heterocycles. The minimum atomic E-state index is 0.489. The zero-order valence-electron chi connectivity index (χ0n) is 10.8. The first kappa shape index (κ1) is 14.3. The van der Waals surface area contributed by atoms with Crippen LogP contribution >= 0.6 is 11.6 Å². The van der Waals surface area contributed by atoms with Crippen molar-refractivity contribution in [2.75, 3.05) is 32.1 Å². The fourth-order valence-corrected chi connectivity index (χ4v) is 2.56. The lowest BCUT2D eigenvalue weighted by atomic mass is 10.0. The number of hydrogen-bond donors (Lipinski definition) is 0. The molecule has 16 heavy (non-hydrogen) atoms. The maximum atomic E-state index is 5.75. The lowest BCUT2D eigenvalue weighted by Crippen LogP contribution is -2.33. The molecule has 2 nitrogen and oxygen atoms in total. The lowest BCUT2D eigenvalue weighted by molar-refractivity contribution is 0.0731. The van der Waals surface area contributed by atoms with Crippen molar-refractivity contribution in [1.29, 1.82) is 0 Å². The summed E-state index contributed by atoms with van der Waals surface area (Å²) in [5.41, 5.74) is 0. The van der Waals surface area contributed by atoms with Crippen LogP contribution in [0.3, 0.4) is 0 Å². The van der Waals surface area contributed by atoms with Crippen molar-refractivity contribution in [1.82, 2.24) is 4.90 Å². The van der Waals surface area contributed by atoms with E-state index in [1.54, 1.807) is 0 Å². The van der Waals surface area contributed by atoms with Gasteiger partial charge in [-0.2, -0.15) is 0 Å². The summed E-state index contributed by atoms with van der Waals surface area (Å²) in [5, 5.41) is 0. The molecule has 0 radical (unpaired) electrons. The molecule has 1 heterocycles. The summed E-state index contributed by atoms with van der Waals surface area (Å²) in [5.74, 6) is 1.54. The Labute approximate surface area is 105 Å². The molecular weight excluding hydrogens is 222 g/mol. The van der Waals surface area contributed by atoms with E-state index in [0.717, 1.165) is 37.9 Å². The van der Waals surface area contributed by atoms with Gasteiger partial charge >= 0.3 is 0 Å². The third-order valence-corrected chi connectivity index (χ3v) is 3.69. The highest BCUT2D eigenvalue weighted by molar-refractivity contribution is 6.17. The van der Waals surface area contributed by atoms with Crippen LogP contribution < -0.4 is 0 Å². The second-order valence-corrected chi connectivity index (χ2v) is 5.28. The van der Waals surface area contributed by atoms with Gasteiger partial charge < -0.3 is 9.64 Å². The molecule has 1 fully saturated rings. The van der Waals surface area contributed by atoms with Crippen LogP contribution in [0.5, 0.6) is 0 Å². The summed E-state index contributed by atoms with van der Waals surface area (Å²) >= 11 is 5.75. The standard InChI is InChI=1S/C13H26ClNO/c1-3-15(9-7-12(2)6-8-14)11-13-5-4-10-16-13/h12-13H,3-11H2,1-2H3. The van der Waals surface area contributed by atoms with E-state index in [4.69, 9.17) is 16.3 Å². The van der Waals surface area contributed by atoms with E-state index in [0.29, 0.717) is 6.10 Å². The highest BCUT2D eigenvalue weighted by atomic mass is 35.5. The minimum absolute atomic E-state index is 0.489. The Morgan fingerprint density at radius 1 is 1.44 bits per heavy atom. The van der Waals surface area contributed by atoms with E-state index in [1.807, 2.05) is 0 Å². The zero-order chi connectivity index (χ0) is 11.8. The Bertz CT molecular complexity index is 171. The van der Waals surface area contributed by atoms with Crippen LogP contribution in [0.4, 0.5) is 0 Å². The third kappa shape index (κ3) is 5.51. The predicted octanol–water partition coefficient (Wildman–Crippen LogP) is 3.14. The Kier molecular flexibility index (Phi) is 7.42. The van der Waals surface area contributed by atoms with Crippen LogP contribution in [0.2, 0.25) is 0 Å². The molecule has 0 aromatic carbocycles. The zero-order valence-corrected chi connectivity index (χ0v) is 11.5. The van der Waals surface area contributed by atoms with Gasteiger partial charge in [0.2, 0.25) is 0 Å². The van der Waals surface area contributed by atoms with Gasteiger partial charge in [0.25, 0.3) is 0 Å². The van der Waals surface area contributed by atoms with E-state index in [1.165, 1.54) is 25.8 Å². The van der Waals surface area contributed by atoms with Gasteiger partial charge in [0, 0.05) is 19.0 Å². The molecular formula is C13H26ClNO. The molecule has 0 spiro atoms. The Balaban J connectivity index is 2.15. The normalized spacial score (nSPS) is 22.9. The number of hydrogen-bond acceptors (Lipinski definition) is 2. The first-order valence-electron chi connectivity index (χ1n) is 6.66. The van der Waals surface area contributed by atoms with E-state index < -0.39 is 0 Å². The van der Waals surface area contributed by atoms with Crippen LogP contribution in [0.25, 0.3) is 0 Å². The largest absolute Gasteiger partial charge is 0.377 e. The monoisotopic (exact) mass is 247 g/mol. The van der Waals surface area contributed by atoms with Crippen LogP contribution in [0, 0.1) is 5.92 Å². The maximum absolute atomic E-state index is 5.75. The molecule has 0 aromatic rings. The van der Waals surface area contributed by atoms with Crippen molar-refractivity contribution in [3.05, 3.63) is 0 Å². The number of ether oxygens (including phenoxy) is 1. The van der Waals surface area contributed by atoms with Gasteiger partial charge in [-0.05, 0) is 44.7 Å². The van der Waals surface area contributed by atoms with E-state index in [-0.39, 0.29) is 0 Å². The molecule has 96 valence electrons. The molecule has 0 bridgehead atoms. The maximum Gasteiger partial charge on any atom is 0.0702 e. The number of alkyl halides is 1. The molecule has 0 amide bonds. The Hall–Kier alpha value is 0.210. The summed E-state index contributed by atoms with van der Waals surface area (Å²) in [7, 11) is 0. The van der Waals surface area contributed by atoms with E-state index in [2.05, 4.69) is 18.7 Å². The SMILES string of the molecule is CCN(CCC(C)CCCl)CC1CCCO1. The summed E-state index contributed by atoms with van der Waals surface area (Å²) < 4.78 is 5.68. The topological polar surface area (TPSA) is 12.5 Å². The second-order valence-electron chi connectivity index (χ2n) is 4.90. The molecule has 2 unspecified atom stereocenters. The van der Waals surface area contributed by atoms with Gasteiger partial charge in [0.15, 0.2) is 0 Å². The highest BCUT2D eigenvalue weighted by Crippen LogP contribution is 2.15. The molecule has 1 saturated heterocycles. The lowest BCUT2D eigenvalue weighted by Gasteiger charge is -2.24. The molecule has 3 heteroatoms. The smallest absolute Gasteiger partial charge is 0.0702 e. The van der Waals surface area contributed by atoms with E-state index in [9.17, 15) is 0 Å². The van der Waals surface area contributed by atoms with Gasteiger partial charge in [-0.15, -0.1) is 11.6 Å². The molecule has 1 aliphatic rings. The predicted molar refractivity (Wildman–Crippen MR) is 70.2 cm³/mol. The van der Waals surface area contributed by atoms with Crippen LogP contribution in [0.1, 0.15) is 39.5 Å². The number of nitrogens with zero attached hydrogens (tertiary/aromatic N) is 1. The van der Waals surface area contributed by atoms with Gasteiger partial charge in [0.1, 0.15) is 0 Å². The Morgan fingerprint density at radius 2 is 2.25 bits per heavy atom. The van der Waals surface area contributed by atoms with Gasteiger partial charge in [-0.3, -0.25) is 0 Å². The number of halogens is 1. The van der Waals surface area contributed by atoms with Crippen molar-refractivity contribution in [2.24, 2.45) is 5.92 Å². The van der Waals surface area contributed by atoms with Crippen molar-refractivity contribution in [2.45, 2.75) is 45.6 Å². The minimum Gasteiger partial charge on any atom is -0.377 e. The Morgan fingerprint density at radius 3 is 2.81 bits per heavy atom. The van der Waals surface area contributed by atoms with Crippen molar-refractivity contribution in [3.8, 4) is 0 Å².